The molecular weight excluding hydrogens is 363 g/mol. The molecule has 1 amide bonds. The van der Waals surface area contributed by atoms with Crippen molar-refractivity contribution in [3.63, 3.8) is 0 Å². The van der Waals surface area contributed by atoms with Gasteiger partial charge in [0, 0.05) is 11.2 Å². The molecule has 0 atom stereocenters. The van der Waals surface area contributed by atoms with Crippen LogP contribution in [-0.4, -0.2) is 30.0 Å². The van der Waals surface area contributed by atoms with Gasteiger partial charge in [0.25, 0.3) is 5.91 Å². The lowest BCUT2D eigenvalue weighted by Gasteiger charge is -2.08. The second-order valence-corrected chi connectivity index (χ2v) is 5.56. The predicted molar refractivity (Wildman–Crippen MR) is 88.3 cm³/mol. The van der Waals surface area contributed by atoms with Crippen molar-refractivity contribution < 1.29 is 14.3 Å². The Morgan fingerprint density at radius 3 is 2.61 bits per heavy atom. The Hall–Kier alpha value is -1.82. The Morgan fingerprint density at radius 1 is 1.13 bits per heavy atom. The molecule has 0 aliphatic carbocycles. The minimum absolute atomic E-state index is 0.0125. The molecule has 2 rings (SSSR count). The van der Waals surface area contributed by atoms with Crippen LogP contribution in [0.4, 0.5) is 0 Å². The van der Waals surface area contributed by atoms with Crippen molar-refractivity contribution in [3.05, 3.63) is 62.9 Å². The quantitative estimate of drug-likeness (QED) is 0.494. The van der Waals surface area contributed by atoms with E-state index in [-0.39, 0.29) is 34.5 Å². The van der Waals surface area contributed by atoms with E-state index in [1.54, 1.807) is 12.1 Å². The third kappa shape index (κ3) is 4.82. The second-order valence-electron chi connectivity index (χ2n) is 4.36. The maximum absolute atomic E-state index is 11.9. The molecule has 5 nitrogen and oxygen atoms in total. The molecule has 0 saturated carbocycles. The molecule has 1 aromatic carbocycles. The van der Waals surface area contributed by atoms with E-state index in [1.165, 1.54) is 24.4 Å². The number of hydrogen-bond donors (Lipinski definition) is 1. The lowest BCUT2D eigenvalue weighted by molar-refractivity contribution is 0.0503. The van der Waals surface area contributed by atoms with Gasteiger partial charge in [0.15, 0.2) is 0 Å². The summed E-state index contributed by atoms with van der Waals surface area (Å²) in [6.45, 7) is 0.114. The Balaban J connectivity index is 1.82. The van der Waals surface area contributed by atoms with Gasteiger partial charge >= 0.3 is 5.97 Å². The molecule has 120 valence electrons. The Kier molecular flexibility index (Phi) is 6.21. The van der Waals surface area contributed by atoms with E-state index in [2.05, 4.69) is 10.3 Å². The lowest BCUT2D eigenvalue weighted by Crippen LogP contribution is -2.28. The molecular formula is C15H11Cl3N2O3. The monoisotopic (exact) mass is 372 g/mol. The fourth-order valence-corrected chi connectivity index (χ4v) is 2.38. The van der Waals surface area contributed by atoms with Gasteiger partial charge < -0.3 is 10.1 Å². The molecule has 0 unspecified atom stereocenters. The third-order valence-electron chi connectivity index (χ3n) is 2.78. The van der Waals surface area contributed by atoms with Crippen molar-refractivity contribution in [1.29, 1.82) is 0 Å². The van der Waals surface area contributed by atoms with E-state index in [1.807, 2.05) is 0 Å². The van der Waals surface area contributed by atoms with Crippen molar-refractivity contribution in [1.82, 2.24) is 10.3 Å². The number of nitrogens with zero attached hydrogens (tertiary/aromatic N) is 1. The molecule has 1 N–H and O–H groups in total. The number of halogens is 3. The Morgan fingerprint density at radius 2 is 1.91 bits per heavy atom. The van der Waals surface area contributed by atoms with Crippen molar-refractivity contribution in [2.24, 2.45) is 0 Å². The standard InChI is InChI=1S/C15H11Cl3N2O3/c16-9-3-4-10(12(17)8-9)15(22)23-7-6-20-14(21)11-2-1-5-19-13(11)18/h1-5,8H,6-7H2,(H,20,21). The summed E-state index contributed by atoms with van der Waals surface area (Å²) >= 11 is 17.5. The van der Waals surface area contributed by atoms with Crippen molar-refractivity contribution in [2.45, 2.75) is 0 Å². The zero-order valence-electron chi connectivity index (χ0n) is 11.7. The molecule has 0 saturated heterocycles. The van der Waals surface area contributed by atoms with Crippen LogP contribution in [0.25, 0.3) is 0 Å². The molecule has 1 heterocycles. The van der Waals surface area contributed by atoms with Gasteiger partial charge in [0.05, 0.1) is 22.7 Å². The van der Waals surface area contributed by atoms with Crippen LogP contribution in [0.2, 0.25) is 15.2 Å². The molecule has 1 aromatic heterocycles. The van der Waals surface area contributed by atoms with Crippen LogP contribution in [0, 0.1) is 0 Å². The molecule has 0 spiro atoms. The summed E-state index contributed by atoms with van der Waals surface area (Å²) < 4.78 is 5.04. The van der Waals surface area contributed by atoms with Crippen LogP contribution < -0.4 is 5.32 Å². The first-order valence-corrected chi connectivity index (χ1v) is 7.63. The first-order valence-electron chi connectivity index (χ1n) is 6.50. The smallest absolute Gasteiger partial charge is 0.339 e. The highest BCUT2D eigenvalue weighted by molar-refractivity contribution is 6.36. The SMILES string of the molecule is O=C(OCCNC(=O)c1cccnc1Cl)c1ccc(Cl)cc1Cl. The fraction of sp³-hybridized carbons (Fsp3) is 0.133. The fourth-order valence-electron chi connectivity index (χ4n) is 1.69. The second kappa shape index (κ2) is 8.15. The number of hydrogen-bond acceptors (Lipinski definition) is 4. The number of rotatable bonds is 5. The van der Waals surface area contributed by atoms with Crippen molar-refractivity contribution in [3.8, 4) is 0 Å². The van der Waals surface area contributed by atoms with Gasteiger partial charge in [-0.1, -0.05) is 34.8 Å². The average molecular weight is 374 g/mol. The van der Waals surface area contributed by atoms with E-state index in [0.717, 1.165) is 0 Å². The summed E-state index contributed by atoms with van der Waals surface area (Å²) in [5, 5.41) is 3.31. The molecule has 0 radical (unpaired) electrons. The van der Waals surface area contributed by atoms with E-state index in [9.17, 15) is 9.59 Å². The van der Waals surface area contributed by atoms with E-state index in [0.29, 0.717) is 5.02 Å². The number of pyridine rings is 1. The van der Waals surface area contributed by atoms with Crippen LogP contribution >= 0.6 is 34.8 Å². The number of aromatic nitrogens is 1. The van der Waals surface area contributed by atoms with Gasteiger partial charge in [0.2, 0.25) is 0 Å². The highest BCUT2D eigenvalue weighted by atomic mass is 35.5. The summed E-state index contributed by atoms with van der Waals surface area (Å²) in [6, 6.07) is 7.61. The minimum Gasteiger partial charge on any atom is -0.460 e. The van der Waals surface area contributed by atoms with Gasteiger partial charge in [0.1, 0.15) is 11.8 Å². The average Bonchev–Trinajstić information content (AvgIpc) is 2.51. The van der Waals surface area contributed by atoms with Gasteiger partial charge in [-0.2, -0.15) is 0 Å². The van der Waals surface area contributed by atoms with E-state index >= 15 is 0 Å². The van der Waals surface area contributed by atoms with Gasteiger partial charge in [-0.15, -0.1) is 0 Å². The maximum atomic E-state index is 11.9. The summed E-state index contributed by atoms with van der Waals surface area (Å²) in [5.74, 6) is -0.996. The summed E-state index contributed by atoms with van der Waals surface area (Å²) in [5.41, 5.74) is 0.457. The highest BCUT2D eigenvalue weighted by Gasteiger charge is 2.13. The topological polar surface area (TPSA) is 68.3 Å². The minimum atomic E-state index is -0.597. The Labute approximate surface area is 147 Å². The molecule has 0 aliphatic rings. The molecule has 0 aliphatic heterocycles. The van der Waals surface area contributed by atoms with Crippen molar-refractivity contribution in [2.75, 3.05) is 13.2 Å². The number of ether oxygens (including phenoxy) is 1. The molecule has 8 heteroatoms. The zero-order chi connectivity index (χ0) is 16.8. The first kappa shape index (κ1) is 17.5. The number of benzene rings is 1. The normalized spacial score (nSPS) is 10.2. The molecule has 0 bridgehead atoms. The van der Waals surface area contributed by atoms with Crippen LogP contribution in [0.1, 0.15) is 20.7 Å². The van der Waals surface area contributed by atoms with Gasteiger partial charge in [-0.25, -0.2) is 9.78 Å². The van der Waals surface area contributed by atoms with Crippen LogP contribution in [0.15, 0.2) is 36.5 Å². The van der Waals surface area contributed by atoms with Crippen LogP contribution in [0.5, 0.6) is 0 Å². The number of carbonyl (C=O) groups excluding carboxylic acids is 2. The largest absolute Gasteiger partial charge is 0.460 e. The zero-order valence-corrected chi connectivity index (χ0v) is 14.0. The highest BCUT2D eigenvalue weighted by Crippen LogP contribution is 2.21. The molecule has 2 aromatic rings. The first-order chi connectivity index (χ1) is 11.0. The number of nitrogens with one attached hydrogen (secondary N) is 1. The van der Waals surface area contributed by atoms with Gasteiger partial charge in [-0.05, 0) is 30.3 Å². The number of carbonyl (C=O) groups is 2. The molecule has 0 fully saturated rings. The van der Waals surface area contributed by atoms with Gasteiger partial charge in [-0.3, -0.25) is 4.79 Å². The Bertz CT molecular complexity index is 738. The lowest BCUT2D eigenvalue weighted by atomic mass is 10.2. The van der Waals surface area contributed by atoms with E-state index in [4.69, 9.17) is 39.5 Å². The van der Waals surface area contributed by atoms with Crippen molar-refractivity contribution >= 4 is 46.7 Å². The number of amides is 1. The number of esters is 1. The summed E-state index contributed by atoms with van der Waals surface area (Å²) in [7, 11) is 0. The summed E-state index contributed by atoms with van der Waals surface area (Å²) in [4.78, 5) is 27.5. The summed E-state index contributed by atoms with van der Waals surface area (Å²) in [6.07, 6.45) is 1.48. The van der Waals surface area contributed by atoms with E-state index < -0.39 is 11.9 Å². The molecule has 23 heavy (non-hydrogen) atoms. The maximum Gasteiger partial charge on any atom is 0.339 e. The predicted octanol–water partition coefficient (Wildman–Crippen LogP) is 3.63. The van der Waals surface area contributed by atoms with Crippen LogP contribution in [0.3, 0.4) is 0 Å². The third-order valence-corrected chi connectivity index (χ3v) is 3.62. The van der Waals surface area contributed by atoms with Crippen LogP contribution in [-0.2, 0) is 4.74 Å².